The number of benzene rings is 2. The van der Waals surface area contributed by atoms with Crippen molar-refractivity contribution in [3.05, 3.63) is 52.8 Å². The van der Waals surface area contributed by atoms with E-state index in [1.54, 1.807) is 31.4 Å². The first-order chi connectivity index (χ1) is 14.0. The molecule has 0 aliphatic heterocycles. The normalized spacial score (nSPS) is 11.5. The number of nitrogens with zero attached hydrogens (tertiary/aromatic N) is 2. The van der Waals surface area contributed by atoms with Gasteiger partial charge in [-0.3, -0.25) is 9.59 Å². The van der Waals surface area contributed by atoms with Crippen LogP contribution in [0.25, 0.3) is 10.2 Å². The Hall–Kier alpha value is -3.13. The Morgan fingerprint density at radius 3 is 2.45 bits per heavy atom. The van der Waals surface area contributed by atoms with E-state index in [9.17, 15) is 9.59 Å². The third-order valence-electron chi connectivity index (χ3n) is 4.27. The summed E-state index contributed by atoms with van der Waals surface area (Å²) in [7, 11) is 2.92. The predicted octanol–water partition coefficient (Wildman–Crippen LogP) is 3.41. The molecule has 7 nitrogen and oxygen atoms in total. The van der Waals surface area contributed by atoms with Gasteiger partial charge in [-0.15, -0.1) is 0 Å². The molecule has 152 valence electrons. The number of ether oxygens (including phenoxy) is 3. The molecule has 0 aliphatic carbocycles. The van der Waals surface area contributed by atoms with E-state index in [4.69, 9.17) is 14.2 Å². The topological polar surface area (TPSA) is 79.1 Å². The van der Waals surface area contributed by atoms with Crippen molar-refractivity contribution in [3.63, 3.8) is 0 Å². The number of carbonyl (C=O) groups excluding carboxylic acids is 2. The molecule has 0 spiro atoms. The molecule has 2 aromatic carbocycles. The summed E-state index contributed by atoms with van der Waals surface area (Å²) < 4.78 is 18.2. The van der Waals surface area contributed by atoms with Gasteiger partial charge in [0, 0.05) is 12.1 Å². The Bertz CT molecular complexity index is 1080. The van der Waals surface area contributed by atoms with Crippen LogP contribution in [0.15, 0.2) is 47.5 Å². The number of amides is 1. The standard InChI is InChI=1S/C21H22N2O5S/c1-4-28-16-9-10-17-18(13-16)29-21(23(17)12-11-19(24)27-3)22-20(25)14-5-7-15(26-2)8-6-14/h5-10,13H,4,11-12H2,1-3H3. The molecule has 0 saturated heterocycles. The van der Waals surface area contributed by atoms with Gasteiger partial charge in [-0.1, -0.05) is 11.3 Å². The van der Waals surface area contributed by atoms with Crippen molar-refractivity contribution in [1.29, 1.82) is 0 Å². The zero-order chi connectivity index (χ0) is 20.8. The van der Waals surface area contributed by atoms with Gasteiger partial charge in [0.15, 0.2) is 4.80 Å². The van der Waals surface area contributed by atoms with Crippen LogP contribution in [-0.4, -0.2) is 37.3 Å². The van der Waals surface area contributed by atoms with Crippen LogP contribution in [0.1, 0.15) is 23.7 Å². The fourth-order valence-electron chi connectivity index (χ4n) is 2.80. The highest BCUT2D eigenvalue weighted by Gasteiger charge is 2.12. The summed E-state index contributed by atoms with van der Waals surface area (Å²) in [5.41, 5.74) is 1.33. The number of rotatable bonds is 7. The van der Waals surface area contributed by atoms with Crippen LogP contribution in [0.4, 0.5) is 0 Å². The van der Waals surface area contributed by atoms with Crippen LogP contribution >= 0.6 is 11.3 Å². The maximum Gasteiger partial charge on any atom is 0.307 e. The molecule has 29 heavy (non-hydrogen) atoms. The molecule has 0 saturated carbocycles. The molecule has 3 rings (SSSR count). The van der Waals surface area contributed by atoms with Crippen LogP contribution in [0.2, 0.25) is 0 Å². The lowest BCUT2D eigenvalue weighted by atomic mass is 10.2. The summed E-state index contributed by atoms with van der Waals surface area (Å²) in [4.78, 5) is 29.1. The third-order valence-corrected chi connectivity index (χ3v) is 5.31. The summed E-state index contributed by atoms with van der Waals surface area (Å²) in [6.07, 6.45) is 0.180. The molecule has 3 aromatic rings. The largest absolute Gasteiger partial charge is 0.497 e. The number of thiazole rings is 1. The fourth-order valence-corrected chi connectivity index (χ4v) is 3.88. The van der Waals surface area contributed by atoms with E-state index in [1.807, 2.05) is 29.7 Å². The van der Waals surface area contributed by atoms with E-state index in [0.717, 1.165) is 16.0 Å². The number of fused-ring (bicyclic) bond motifs is 1. The maximum absolute atomic E-state index is 12.7. The monoisotopic (exact) mass is 414 g/mol. The lowest BCUT2D eigenvalue weighted by Gasteiger charge is -2.06. The van der Waals surface area contributed by atoms with Crippen LogP contribution in [0.5, 0.6) is 11.5 Å². The second-order valence-corrected chi connectivity index (χ2v) is 7.08. The third kappa shape index (κ3) is 4.83. The summed E-state index contributed by atoms with van der Waals surface area (Å²) in [6, 6.07) is 12.5. The molecule has 8 heteroatoms. The van der Waals surface area contributed by atoms with Crippen molar-refractivity contribution in [2.24, 2.45) is 4.99 Å². The van der Waals surface area contributed by atoms with Crippen LogP contribution < -0.4 is 14.3 Å². The Balaban J connectivity index is 2.03. The molecule has 0 bridgehead atoms. The quantitative estimate of drug-likeness (QED) is 0.554. The lowest BCUT2D eigenvalue weighted by molar-refractivity contribution is -0.140. The van der Waals surface area contributed by atoms with E-state index >= 15 is 0 Å². The van der Waals surface area contributed by atoms with E-state index in [1.165, 1.54) is 18.4 Å². The summed E-state index contributed by atoms with van der Waals surface area (Å²) in [6.45, 7) is 2.84. The van der Waals surface area contributed by atoms with Crippen molar-refractivity contribution in [3.8, 4) is 11.5 Å². The van der Waals surface area contributed by atoms with E-state index in [2.05, 4.69) is 4.99 Å². The molecule has 0 fully saturated rings. The predicted molar refractivity (Wildman–Crippen MR) is 111 cm³/mol. The zero-order valence-electron chi connectivity index (χ0n) is 16.5. The van der Waals surface area contributed by atoms with E-state index in [0.29, 0.717) is 29.3 Å². The first-order valence-corrected chi connectivity index (χ1v) is 9.93. The maximum atomic E-state index is 12.7. The fraction of sp³-hybridized carbons (Fsp3) is 0.286. The van der Waals surface area contributed by atoms with Crippen LogP contribution in [0.3, 0.4) is 0 Å². The molecular formula is C21H22N2O5S. The second kappa shape index (κ2) is 9.38. The van der Waals surface area contributed by atoms with Gasteiger partial charge in [-0.05, 0) is 49.4 Å². The molecule has 1 heterocycles. The zero-order valence-corrected chi connectivity index (χ0v) is 17.3. The minimum atomic E-state index is -0.365. The number of carbonyl (C=O) groups is 2. The van der Waals surface area contributed by atoms with Crippen molar-refractivity contribution < 1.29 is 23.8 Å². The SMILES string of the molecule is CCOc1ccc2c(c1)sc(=NC(=O)c1ccc(OC)cc1)n2CCC(=O)OC. The number of methoxy groups -OCH3 is 2. The van der Waals surface area contributed by atoms with Gasteiger partial charge >= 0.3 is 5.97 Å². The average Bonchev–Trinajstić information content (AvgIpc) is 3.08. The molecule has 1 aromatic heterocycles. The average molecular weight is 414 g/mol. The number of hydrogen-bond acceptors (Lipinski definition) is 6. The number of esters is 1. The van der Waals surface area contributed by atoms with Gasteiger partial charge in [0.05, 0.1) is 37.5 Å². The van der Waals surface area contributed by atoms with E-state index < -0.39 is 0 Å². The number of aromatic nitrogens is 1. The van der Waals surface area contributed by atoms with Crippen LogP contribution in [-0.2, 0) is 16.1 Å². The summed E-state index contributed by atoms with van der Waals surface area (Å²) in [5, 5.41) is 0. The summed E-state index contributed by atoms with van der Waals surface area (Å²) >= 11 is 1.37. The number of hydrogen-bond donors (Lipinski definition) is 0. The van der Waals surface area contributed by atoms with Gasteiger partial charge in [-0.25, -0.2) is 0 Å². The smallest absolute Gasteiger partial charge is 0.307 e. The van der Waals surface area contributed by atoms with Gasteiger partial charge < -0.3 is 18.8 Å². The highest BCUT2D eigenvalue weighted by molar-refractivity contribution is 7.16. The molecule has 0 aliphatic rings. The lowest BCUT2D eigenvalue weighted by Crippen LogP contribution is -2.19. The Morgan fingerprint density at radius 2 is 1.79 bits per heavy atom. The molecule has 0 unspecified atom stereocenters. The highest BCUT2D eigenvalue weighted by atomic mass is 32.1. The van der Waals surface area contributed by atoms with Crippen molar-refractivity contribution in [1.82, 2.24) is 4.57 Å². The minimum Gasteiger partial charge on any atom is -0.497 e. The van der Waals surface area contributed by atoms with Crippen molar-refractivity contribution in [2.45, 2.75) is 19.9 Å². The van der Waals surface area contributed by atoms with Crippen molar-refractivity contribution in [2.75, 3.05) is 20.8 Å². The first kappa shape index (κ1) is 20.6. The molecule has 0 N–H and O–H groups in total. The van der Waals surface area contributed by atoms with E-state index in [-0.39, 0.29) is 18.3 Å². The Morgan fingerprint density at radius 1 is 1.07 bits per heavy atom. The summed E-state index contributed by atoms with van der Waals surface area (Å²) in [5.74, 6) is 0.723. The van der Waals surface area contributed by atoms with Crippen molar-refractivity contribution >= 4 is 33.4 Å². The van der Waals surface area contributed by atoms with Gasteiger partial charge in [0.2, 0.25) is 0 Å². The second-order valence-electron chi connectivity index (χ2n) is 6.07. The number of aryl methyl sites for hydroxylation is 1. The molecule has 0 radical (unpaired) electrons. The van der Waals surface area contributed by atoms with Crippen LogP contribution in [0, 0.1) is 0 Å². The molecular weight excluding hydrogens is 392 g/mol. The molecule has 1 amide bonds. The van der Waals surface area contributed by atoms with Gasteiger partial charge in [0.25, 0.3) is 5.91 Å². The first-order valence-electron chi connectivity index (χ1n) is 9.11. The van der Waals surface area contributed by atoms with Gasteiger partial charge in [0.1, 0.15) is 11.5 Å². The Kier molecular flexibility index (Phi) is 6.66. The Labute approximate surface area is 172 Å². The minimum absolute atomic E-state index is 0.180. The highest BCUT2D eigenvalue weighted by Crippen LogP contribution is 2.24. The van der Waals surface area contributed by atoms with Gasteiger partial charge in [-0.2, -0.15) is 4.99 Å². The molecule has 0 atom stereocenters.